The van der Waals surface area contributed by atoms with Gasteiger partial charge in [0.15, 0.2) is 6.61 Å². The van der Waals surface area contributed by atoms with E-state index in [1.54, 1.807) is 24.3 Å². The SMILES string of the molecule is CC1(CNC(=O)COc2cccc(N)c2)CC1. The molecule has 0 bridgehead atoms. The number of anilines is 1. The van der Waals surface area contributed by atoms with Crippen molar-refractivity contribution in [3.05, 3.63) is 24.3 Å². The molecule has 1 aromatic rings. The number of amides is 1. The first-order chi connectivity index (χ1) is 8.07. The Morgan fingerprint density at radius 1 is 1.53 bits per heavy atom. The third-order valence-corrected chi connectivity index (χ3v) is 3.04. The maximum Gasteiger partial charge on any atom is 0.257 e. The number of nitrogens with one attached hydrogen (secondary N) is 1. The molecule has 1 aromatic carbocycles. The van der Waals surface area contributed by atoms with Gasteiger partial charge in [0, 0.05) is 18.3 Å². The first-order valence-corrected chi connectivity index (χ1v) is 5.82. The molecule has 0 spiro atoms. The Morgan fingerprint density at radius 3 is 2.94 bits per heavy atom. The summed E-state index contributed by atoms with van der Waals surface area (Å²) in [5.41, 5.74) is 6.57. The van der Waals surface area contributed by atoms with E-state index in [2.05, 4.69) is 12.2 Å². The molecular weight excluding hydrogens is 216 g/mol. The van der Waals surface area contributed by atoms with E-state index < -0.39 is 0 Å². The lowest BCUT2D eigenvalue weighted by Crippen LogP contribution is -2.33. The topological polar surface area (TPSA) is 64.3 Å². The van der Waals surface area contributed by atoms with Crippen molar-refractivity contribution in [2.45, 2.75) is 19.8 Å². The van der Waals surface area contributed by atoms with Gasteiger partial charge in [-0.3, -0.25) is 4.79 Å². The van der Waals surface area contributed by atoms with Crippen molar-refractivity contribution in [3.8, 4) is 5.75 Å². The fraction of sp³-hybridized carbons (Fsp3) is 0.462. The molecule has 0 atom stereocenters. The lowest BCUT2D eigenvalue weighted by atomic mass is 10.1. The van der Waals surface area contributed by atoms with Crippen molar-refractivity contribution in [1.29, 1.82) is 0 Å². The van der Waals surface area contributed by atoms with Crippen LogP contribution in [0, 0.1) is 5.41 Å². The molecule has 4 heteroatoms. The molecule has 0 radical (unpaired) electrons. The van der Waals surface area contributed by atoms with E-state index in [9.17, 15) is 4.79 Å². The molecule has 1 amide bonds. The zero-order valence-electron chi connectivity index (χ0n) is 10.0. The Labute approximate surface area is 101 Å². The first-order valence-electron chi connectivity index (χ1n) is 5.82. The second kappa shape index (κ2) is 4.65. The Kier molecular flexibility index (Phi) is 3.22. The van der Waals surface area contributed by atoms with E-state index in [1.165, 1.54) is 12.8 Å². The summed E-state index contributed by atoms with van der Waals surface area (Å²) in [6.45, 7) is 2.96. The molecule has 0 saturated heterocycles. The van der Waals surface area contributed by atoms with E-state index in [0.717, 1.165) is 6.54 Å². The largest absolute Gasteiger partial charge is 0.484 e. The summed E-state index contributed by atoms with van der Waals surface area (Å²) in [5, 5.41) is 2.87. The molecule has 3 N–H and O–H groups in total. The fourth-order valence-electron chi connectivity index (χ4n) is 1.51. The lowest BCUT2D eigenvalue weighted by molar-refractivity contribution is -0.123. The van der Waals surface area contributed by atoms with Gasteiger partial charge in [-0.1, -0.05) is 13.0 Å². The predicted molar refractivity (Wildman–Crippen MR) is 66.7 cm³/mol. The van der Waals surface area contributed by atoms with Crippen LogP contribution in [0.5, 0.6) is 5.75 Å². The van der Waals surface area contributed by atoms with Crippen LogP contribution in [-0.4, -0.2) is 19.1 Å². The number of hydrogen-bond donors (Lipinski definition) is 2. The molecule has 0 unspecified atom stereocenters. The molecule has 1 aliphatic rings. The summed E-state index contributed by atoms with van der Waals surface area (Å²) >= 11 is 0. The van der Waals surface area contributed by atoms with Gasteiger partial charge in [0.25, 0.3) is 5.91 Å². The summed E-state index contributed by atoms with van der Waals surface area (Å²) in [5.74, 6) is 0.540. The molecule has 92 valence electrons. The summed E-state index contributed by atoms with van der Waals surface area (Å²) in [4.78, 5) is 11.5. The highest BCUT2D eigenvalue weighted by atomic mass is 16.5. The normalized spacial score (nSPS) is 16.3. The van der Waals surface area contributed by atoms with E-state index in [1.807, 2.05) is 0 Å². The van der Waals surface area contributed by atoms with Crippen LogP contribution < -0.4 is 15.8 Å². The molecular formula is C13H18N2O2. The number of hydrogen-bond acceptors (Lipinski definition) is 3. The summed E-state index contributed by atoms with van der Waals surface area (Å²) in [7, 11) is 0. The number of rotatable bonds is 5. The Bertz CT molecular complexity index is 414. The molecule has 0 heterocycles. The number of nitrogens with two attached hydrogens (primary N) is 1. The molecule has 2 rings (SSSR count). The second-order valence-corrected chi connectivity index (χ2v) is 4.95. The van der Waals surface area contributed by atoms with Crippen LogP contribution in [0.2, 0.25) is 0 Å². The third-order valence-electron chi connectivity index (χ3n) is 3.04. The Hall–Kier alpha value is -1.71. The van der Waals surface area contributed by atoms with E-state index in [0.29, 0.717) is 16.9 Å². The zero-order chi connectivity index (χ0) is 12.3. The second-order valence-electron chi connectivity index (χ2n) is 4.95. The van der Waals surface area contributed by atoms with Crippen LogP contribution in [0.25, 0.3) is 0 Å². The van der Waals surface area contributed by atoms with Gasteiger partial charge in [-0.15, -0.1) is 0 Å². The van der Waals surface area contributed by atoms with Gasteiger partial charge in [-0.05, 0) is 30.4 Å². The summed E-state index contributed by atoms with van der Waals surface area (Å²) in [6.07, 6.45) is 2.40. The number of nitrogen functional groups attached to an aromatic ring is 1. The van der Waals surface area contributed by atoms with Gasteiger partial charge < -0.3 is 15.8 Å². The molecule has 1 saturated carbocycles. The standard InChI is InChI=1S/C13H18N2O2/c1-13(5-6-13)9-15-12(16)8-17-11-4-2-3-10(14)7-11/h2-4,7H,5-6,8-9,14H2,1H3,(H,15,16). The number of carbonyl (C=O) groups is 1. The maximum absolute atomic E-state index is 11.5. The third kappa shape index (κ3) is 3.66. The van der Waals surface area contributed by atoms with Crippen LogP contribution in [0.1, 0.15) is 19.8 Å². The van der Waals surface area contributed by atoms with Crippen molar-refractivity contribution in [2.75, 3.05) is 18.9 Å². The monoisotopic (exact) mass is 234 g/mol. The van der Waals surface area contributed by atoms with Crippen molar-refractivity contribution in [2.24, 2.45) is 5.41 Å². The van der Waals surface area contributed by atoms with Crippen LogP contribution in [0.4, 0.5) is 5.69 Å². The highest BCUT2D eigenvalue weighted by Crippen LogP contribution is 2.43. The van der Waals surface area contributed by atoms with Gasteiger partial charge in [-0.2, -0.15) is 0 Å². The predicted octanol–water partition coefficient (Wildman–Crippen LogP) is 1.56. The Morgan fingerprint density at radius 2 is 2.29 bits per heavy atom. The minimum absolute atomic E-state index is 0.0412. The maximum atomic E-state index is 11.5. The molecule has 0 aromatic heterocycles. The van der Waals surface area contributed by atoms with Gasteiger partial charge in [0.05, 0.1) is 0 Å². The summed E-state index contributed by atoms with van der Waals surface area (Å²) in [6, 6.07) is 7.07. The van der Waals surface area contributed by atoms with E-state index >= 15 is 0 Å². The van der Waals surface area contributed by atoms with Gasteiger partial charge >= 0.3 is 0 Å². The number of ether oxygens (including phenoxy) is 1. The smallest absolute Gasteiger partial charge is 0.257 e. The first kappa shape index (κ1) is 11.8. The van der Waals surface area contributed by atoms with Crippen molar-refractivity contribution >= 4 is 11.6 Å². The average molecular weight is 234 g/mol. The van der Waals surface area contributed by atoms with Crippen LogP contribution in [-0.2, 0) is 4.79 Å². The molecule has 17 heavy (non-hydrogen) atoms. The van der Waals surface area contributed by atoms with Crippen molar-refractivity contribution in [3.63, 3.8) is 0 Å². The highest BCUT2D eigenvalue weighted by molar-refractivity contribution is 5.77. The molecule has 1 aliphatic carbocycles. The Balaban J connectivity index is 1.72. The zero-order valence-corrected chi connectivity index (χ0v) is 10.0. The average Bonchev–Trinajstić information content (AvgIpc) is 3.03. The van der Waals surface area contributed by atoms with Gasteiger partial charge in [0.2, 0.25) is 0 Å². The van der Waals surface area contributed by atoms with E-state index in [-0.39, 0.29) is 12.5 Å². The fourth-order valence-corrected chi connectivity index (χ4v) is 1.51. The quantitative estimate of drug-likeness (QED) is 0.760. The lowest BCUT2D eigenvalue weighted by Gasteiger charge is -2.11. The van der Waals surface area contributed by atoms with Crippen LogP contribution in [0.3, 0.4) is 0 Å². The van der Waals surface area contributed by atoms with Gasteiger partial charge in [0.1, 0.15) is 5.75 Å². The highest BCUT2D eigenvalue weighted by Gasteiger charge is 2.37. The van der Waals surface area contributed by atoms with Crippen LogP contribution >= 0.6 is 0 Å². The molecule has 1 fully saturated rings. The molecule has 0 aliphatic heterocycles. The number of carbonyl (C=O) groups excluding carboxylic acids is 1. The van der Waals surface area contributed by atoms with Gasteiger partial charge in [-0.25, -0.2) is 0 Å². The minimum Gasteiger partial charge on any atom is -0.484 e. The van der Waals surface area contributed by atoms with E-state index in [4.69, 9.17) is 10.5 Å². The molecule has 4 nitrogen and oxygen atoms in total. The number of benzene rings is 1. The van der Waals surface area contributed by atoms with Crippen LogP contribution in [0.15, 0.2) is 24.3 Å². The van der Waals surface area contributed by atoms with Crippen molar-refractivity contribution in [1.82, 2.24) is 5.32 Å². The van der Waals surface area contributed by atoms with Crippen molar-refractivity contribution < 1.29 is 9.53 Å². The minimum atomic E-state index is -0.0828. The summed E-state index contributed by atoms with van der Waals surface area (Å²) < 4.78 is 5.34.